The fraction of sp³-hybridized carbons (Fsp3) is 0.286. The number of aliphatic carboxylic acids is 1. The Morgan fingerprint density at radius 3 is 2.85 bits per heavy atom. The van der Waals surface area contributed by atoms with Crippen LogP contribution in [0.5, 0.6) is 0 Å². The van der Waals surface area contributed by atoms with E-state index in [-0.39, 0.29) is 18.5 Å². The Balaban J connectivity index is 1.97. The van der Waals surface area contributed by atoms with Gasteiger partial charge in [-0.15, -0.1) is 0 Å². The van der Waals surface area contributed by atoms with Crippen LogP contribution in [-0.4, -0.2) is 27.6 Å². The Morgan fingerprint density at radius 2 is 2.20 bits per heavy atom. The van der Waals surface area contributed by atoms with E-state index in [0.29, 0.717) is 12.1 Å². The first-order valence-electron chi connectivity index (χ1n) is 6.26. The number of aromatic nitrogens is 1. The maximum absolute atomic E-state index is 12.1. The predicted molar refractivity (Wildman–Crippen MR) is 71.4 cm³/mol. The molecule has 2 aromatic heterocycles. The first-order chi connectivity index (χ1) is 9.56. The van der Waals surface area contributed by atoms with Crippen molar-refractivity contribution in [1.29, 1.82) is 0 Å². The molecule has 20 heavy (non-hydrogen) atoms. The SMILES string of the molecule is CC(Cc1ccco1)NC(=O)c1cccn1CC(=O)O. The lowest BCUT2D eigenvalue weighted by Gasteiger charge is -2.13. The number of carboxylic acid groups (broad SMARTS) is 1. The largest absolute Gasteiger partial charge is 0.480 e. The highest BCUT2D eigenvalue weighted by Gasteiger charge is 2.15. The Morgan fingerprint density at radius 1 is 1.40 bits per heavy atom. The molecule has 0 fully saturated rings. The van der Waals surface area contributed by atoms with Crippen LogP contribution in [0, 0.1) is 0 Å². The average molecular weight is 276 g/mol. The number of nitrogens with one attached hydrogen (secondary N) is 1. The summed E-state index contributed by atoms with van der Waals surface area (Å²) in [6, 6.07) is 6.77. The summed E-state index contributed by atoms with van der Waals surface area (Å²) in [7, 11) is 0. The van der Waals surface area contributed by atoms with Crippen molar-refractivity contribution in [3.63, 3.8) is 0 Å². The third-order valence-electron chi connectivity index (χ3n) is 2.83. The van der Waals surface area contributed by atoms with Crippen molar-refractivity contribution in [1.82, 2.24) is 9.88 Å². The van der Waals surface area contributed by atoms with Crippen molar-refractivity contribution in [3.8, 4) is 0 Å². The van der Waals surface area contributed by atoms with Gasteiger partial charge in [0, 0.05) is 18.7 Å². The summed E-state index contributed by atoms with van der Waals surface area (Å²) < 4.78 is 6.62. The zero-order valence-corrected chi connectivity index (χ0v) is 11.1. The smallest absolute Gasteiger partial charge is 0.323 e. The van der Waals surface area contributed by atoms with Gasteiger partial charge in [-0.2, -0.15) is 0 Å². The van der Waals surface area contributed by atoms with E-state index >= 15 is 0 Å². The third-order valence-corrected chi connectivity index (χ3v) is 2.83. The number of carbonyl (C=O) groups excluding carboxylic acids is 1. The Bertz CT molecular complexity index is 586. The van der Waals surface area contributed by atoms with Gasteiger partial charge < -0.3 is 19.4 Å². The maximum atomic E-state index is 12.1. The lowest BCUT2D eigenvalue weighted by atomic mass is 10.2. The van der Waals surface area contributed by atoms with Crippen LogP contribution in [0.15, 0.2) is 41.1 Å². The van der Waals surface area contributed by atoms with Gasteiger partial charge in [0.2, 0.25) is 0 Å². The summed E-state index contributed by atoms with van der Waals surface area (Å²) in [5, 5.41) is 11.6. The number of amides is 1. The molecule has 0 aliphatic rings. The number of carbonyl (C=O) groups is 2. The summed E-state index contributed by atoms with van der Waals surface area (Å²) in [6.45, 7) is 1.63. The van der Waals surface area contributed by atoms with E-state index in [4.69, 9.17) is 9.52 Å². The first kappa shape index (κ1) is 13.9. The van der Waals surface area contributed by atoms with E-state index in [2.05, 4.69) is 5.32 Å². The highest BCUT2D eigenvalue weighted by molar-refractivity contribution is 5.93. The lowest BCUT2D eigenvalue weighted by Crippen LogP contribution is -2.35. The second-order valence-electron chi connectivity index (χ2n) is 4.57. The van der Waals surface area contributed by atoms with Gasteiger partial charge in [-0.1, -0.05) is 0 Å². The normalized spacial score (nSPS) is 12.1. The zero-order chi connectivity index (χ0) is 14.5. The molecule has 2 N–H and O–H groups in total. The minimum absolute atomic E-state index is 0.109. The number of nitrogens with zero attached hydrogens (tertiary/aromatic N) is 1. The van der Waals surface area contributed by atoms with Gasteiger partial charge in [0.05, 0.1) is 6.26 Å². The maximum Gasteiger partial charge on any atom is 0.323 e. The summed E-state index contributed by atoms with van der Waals surface area (Å²) in [4.78, 5) is 22.8. The first-order valence-corrected chi connectivity index (χ1v) is 6.26. The van der Waals surface area contributed by atoms with Crippen molar-refractivity contribution in [2.45, 2.75) is 25.9 Å². The fourth-order valence-electron chi connectivity index (χ4n) is 1.98. The Kier molecular flexibility index (Phi) is 4.24. The molecule has 106 valence electrons. The molecule has 0 aliphatic carbocycles. The van der Waals surface area contributed by atoms with Crippen molar-refractivity contribution < 1.29 is 19.1 Å². The topological polar surface area (TPSA) is 84.5 Å². The van der Waals surface area contributed by atoms with Crippen LogP contribution < -0.4 is 5.32 Å². The van der Waals surface area contributed by atoms with Crippen molar-refractivity contribution in [2.75, 3.05) is 0 Å². The summed E-state index contributed by atoms with van der Waals surface area (Å²) in [6.07, 6.45) is 3.74. The summed E-state index contributed by atoms with van der Waals surface area (Å²) >= 11 is 0. The molecule has 0 radical (unpaired) electrons. The monoisotopic (exact) mass is 276 g/mol. The van der Waals surface area contributed by atoms with Crippen LogP contribution >= 0.6 is 0 Å². The Hall–Kier alpha value is -2.50. The average Bonchev–Trinajstić information content (AvgIpc) is 2.99. The van der Waals surface area contributed by atoms with Gasteiger partial charge in [0.1, 0.15) is 18.0 Å². The molecule has 2 rings (SSSR count). The van der Waals surface area contributed by atoms with Gasteiger partial charge in [0.25, 0.3) is 5.91 Å². The van der Waals surface area contributed by atoms with E-state index in [1.54, 1.807) is 30.7 Å². The van der Waals surface area contributed by atoms with Gasteiger partial charge in [-0.05, 0) is 31.2 Å². The standard InChI is InChI=1S/C14H16N2O4/c1-10(8-11-4-3-7-20-11)15-14(19)12-5-2-6-16(12)9-13(17)18/h2-7,10H,8-9H2,1H3,(H,15,19)(H,17,18). The Labute approximate surface area is 116 Å². The number of hydrogen-bond donors (Lipinski definition) is 2. The molecule has 0 saturated carbocycles. The second kappa shape index (κ2) is 6.10. The second-order valence-corrected chi connectivity index (χ2v) is 4.57. The molecule has 6 nitrogen and oxygen atoms in total. The van der Waals surface area contributed by atoms with Gasteiger partial charge in [0.15, 0.2) is 0 Å². The van der Waals surface area contributed by atoms with Gasteiger partial charge in [-0.3, -0.25) is 9.59 Å². The third kappa shape index (κ3) is 3.50. The molecule has 1 unspecified atom stereocenters. The number of rotatable bonds is 6. The van der Waals surface area contributed by atoms with Crippen LogP contribution in [0.3, 0.4) is 0 Å². The number of furan rings is 1. The van der Waals surface area contributed by atoms with Crippen LogP contribution in [0.1, 0.15) is 23.2 Å². The minimum atomic E-state index is -0.987. The molecule has 1 atom stereocenters. The van der Waals surface area contributed by atoms with E-state index in [0.717, 1.165) is 5.76 Å². The van der Waals surface area contributed by atoms with Crippen LogP contribution in [0.2, 0.25) is 0 Å². The highest BCUT2D eigenvalue weighted by Crippen LogP contribution is 2.06. The highest BCUT2D eigenvalue weighted by atomic mass is 16.4. The number of hydrogen-bond acceptors (Lipinski definition) is 3. The minimum Gasteiger partial charge on any atom is -0.480 e. The molecule has 0 aromatic carbocycles. The molecular weight excluding hydrogens is 260 g/mol. The molecule has 0 spiro atoms. The van der Waals surface area contributed by atoms with Gasteiger partial charge >= 0.3 is 5.97 Å². The van der Waals surface area contributed by atoms with Gasteiger partial charge in [-0.25, -0.2) is 0 Å². The molecule has 0 bridgehead atoms. The van der Waals surface area contributed by atoms with Crippen molar-refractivity contribution in [3.05, 3.63) is 48.2 Å². The summed E-state index contributed by atoms with van der Waals surface area (Å²) in [5.41, 5.74) is 0.332. The zero-order valence-electron chi connectivity index (χ0n) is 11.1. The molecule has 1 amide bonds. The van der Waals surface area contributed by atoms with Crippen LogP contribution in [-0.2, 0) is 17.8 Å². The lowest BCUT2D eigenvalue weighted by molar-refractivity contribution is -0.137. The van der Waals surface area contributed by atoms with E-state index < -0.39 is 5.97 Å². The van der Waals surface area contributed by atoms with Crippen molar-refractivity contribution in [2.24, 2.45) is 0 Å². The molecule has 0 saturated heterocycles. The number of carboxylic acids is 1. The summed E-state index contributed by atoms with van der Waals surface area (Å²) in [5.74, 6) is -0.493. The van der Waals surface area contributed by atoms with E-state index in [9.17, 15) is 9.59 Å². The van der Waals surface area contributed by atoms with Crippen molar-refractivity contribution >= 4 is 11.9 Å². The predicted octanol–water partition coefficient (Wildman–Crippen LogP) is 1.53. The fourth-order valence-corrected chi connectivity index (χ4v) is 1.98. The molecule has 6 heteroatoms. The van der Waals surface area contributed by atoms with Crippen LogP contribution in [0.4, 0.5) is 0 Å². The molecule has 2 heterocycles. The van der Waals surface area contributed by atoms with E-state index in [1.807, 2.05) is 13.0 Å². The quantitative estimate of drug-likeness (QED) is 0.838. The van der Waals surface area contributed by atoms with Crippen LogP contribution in [0.25, 0.3) is 0 Å². The molecule has 0 aliphatic heterocycles. The molecular formula is C14H16N2O4. The molecule has 2 aromatic rings. The van der Waals surface area contributed by atoms with E-state index in [1.165, 1.54) is 4.57 Å².